The Morgan fingerprint density at radius 3 is 2.59 bits per heavy atom. The van der Waals surface area contributed by atoms with Crippen molar-refractivity contribution in [2.24, 2.45) is 0 Å². The molecule has 0 aromatic heterocycles. The molecule has 0 spiro atoms. The number of thioether (sulfide) groups is 1. The summed E-state index contributed by atoms with van der Waals surface area (Å²) in [5.41, 5.74) is 2.03. The Morgan fingerprint density at radius 2 is 1.90 bits per heavy atom. The molecule has 3 rings (SSSR count). The number of nitrogens with one attached hydrogen (secondary N) is 1. The van der Waals surface area contributed by atoms with Crippen LogP contribution in [0.2, 0.25) is 0 Å². The standard InChI is InChI=1S/C21H20FN3O3S/c1-24(2)17-5-3-4-15(13-17)19(26)23-10-11-25-20(27)18(29-21(25)28)12-14-6-8-16(22)9-7-14/h3-9,12-13H,10-11H2,1-2H3,(H,23,26). The fraction of sp³-hybridized carbons (Fsp3) is 0.190. The lowest BCUT2D eigenvalue weighted by atomic mass is 10.2. The number of halogens is 1. The van der Waals surface area contributed by atoms with Gasteiger partial charge in [0.1, 0.15) is 5.82 Å². The highest BCUT2D eigenvalue weighted by Gasteiger charge is 2.34. The highest BCUT2D eigenvalue weighted by atomic mass is 32.2. The van der Waals surface area contributed by atoms with Crippen LogP contribution in [0.3, 0.4) is 0 Å². The number of nitrogens with zero attached hydrogens (tertiary/aromatic N) is 2. The van der Waals surface area contributed by atoms with Crippen molar-refractivity contribution in [3.05, 3.63) is 70.4 Å². The van der Waals surface area contributed by atoms with Crippen LogP contribution >= 0.6 is 11.8 Å². The first-order chi connectivity index (χ1) is 13.8. The van der Waals surface area contributed by atoms with Gasteiger partial charge in [-0.25, -0.2) is 4.39 Å². The zero-order valence-electron chi connectivity index (χ0n) is 16.0. The van der Waals surface area contributed by atoms with Crippen molar-refractivity contribution in [3.8, 4) is 0 Å². The molecule has 0 saturated carbocycles. The number of amides is 3. The van der Waals surface area contributed by atoms with Gasteiger partial charge in [-0.1, -0.05) is 18.2 Å². The molecule has 0 unspecified atom stereocenters. The average Bonchev–Trinajstić information content (AvgIpc) is 2.97. The van der Waals surface area contributed by atoms with Crippen molar-refractivity contribution >= 4 is 40.6 Å². The van der Waals surface area contributed by atoms with Crippen molar-refractivity contribution in [1.82, 2.24) is 10.2 Å². The maximum Gasteiger partial charge on any atom is 0.293 e. The maximum absolute atomic E-state index is 13.0. The number of benzene rings is 2. The van der Waals surface area contributed by atoms with E-state index in [0.29, 0.717) is 11.1 Å². The Morgan fingerprint density at radius 1 is 1.17 bits per heavy atom. The van der Waals surface area contributed by atoms with E-state index in [2.05, 4.69) is 5.32 Å². The van der Waals surface area contributed by atoms with E-state index in [1.807, 2.05) is 25.1 Å². The van der Waals surface area contributed by atoms with Crippen LogP contribution in [0, 0.1) is 5.82 Å². The Balaban J connectivity index is 1.59. The molecule has 1 heterocycles. The summed E-state index contributed by atoms with van der Waals surface area (Å²) in [5.74, 6) is -1.07. The van der Waals surface area contributed by atoms with E-state index < -0.39 is 11.1 Å². The van der Waals surface area contributed by atoms with Gasteiger partial charge in [-0.3, -0.25) is 19.3 Å². The lowest BCUT2D eigenvalue weighted by Crippen LogP contribution is -2.37. The minimum atomic E-state index is -0.423. The molecule has 1 saturated heterocycles. The predicted octanol–water partition coefficient (Wildman–Crippen LogP) is 3.36. The monoisotopic (exact) mass is 413 g/mol. The SMILES string of the molecule is CN(C)c1cccc(C(=O)NCCN2C(=O)SC(=Cc3ccc(F)cc3)C2=O)c1. The number of hydrogen-bond acceptors (Lipinski definition) is 5. The first-order valence-electron chi connectivity index (χ1n) is 8.91. The van der Waals surface area contributed by atoms with Crippen molar-refractivity contribution in [1.29, 1.82) is 0 Å². The van der Waals surface area contributed by atoms with Crippen LogP contribution in [-0.4, -0.2) is 49.1 Å². The van der Waals surface area contributed by atoms with Gasteiger partial charge in [-0.05, 0) is 53.7 Å². The van der Waals surface area contributed by atoms with Gasteiger partial charge in [0.25, 0.3) is 17.1 Å². The van der Waals surface area contributed by atoms with Gasteiger partial charge < -0.3 is 10.2 Å². The van der Waals surface area contributed by atoms with Gasteiger partial charge in [0, 0.05) is 38.4 Å². The number of anilines is 1. The second-order valence-electron chi connectivity index (χ2n) is 6.59. The predicted molar refractivity (Wildman–Crippen MR) is 112 cm³/mol. The Hall–Kier alpha value is -3.13. The van der Waals surface area contributed by atoms with Crippen LogP contribution in [0.25, 0.3) is 6.08 Å². The smallest absolute Gasteiger partial charge is 0.293 e. The Bertz CT molecular complexity index is 973. The fourth-order valence-corrected chi connectivity index (χ4v) is 3.58. The van der Waals surface area contributed by atoms with E-state index in [0.717, 1.165) is 22.3 Å². The molecular formula is C21H20FN3O3S. The van der Waals surface area contributed by atoms with E-state index >= 15 is 0 Å². The number of carbonyl (C=O) groups is 3. The van der Waals surface area contributed by atoms with Crippen LogP contribution in [0.15, 0.2) is 53.4 Å². The van der Waals surface area contributed by atoms with E-state index in [1.165, 1.54) is 24.3 Å². The number of carbonyl (C=O) groups excluding carboxylic acids is 3. The van der Waals surface area contributed by atoms with Gasteiger partial charge in [0.15, 0.2) is 0 Å². The van der Waals surface area contributed by atoms with Crippen LogP contribution in [0.1, 0.15) is 15.9 Å². The summed E-state index contributed by atoms with van der Waals surface area (Å²) in [6.45, 7) is 0.220. The molecule has 1 N–H and O–H groups in total. The molecule has 2 aromatic rings. The molecule has 0 bridgehead atoms. The molecule has 1 aliphatic rings. The second kappa shape index (κ2) is 8.91. The topological polar surface area (TPSA) is 69.7 Å². The minimum absolute atomic E-state index is 0.0739. The number of imide groups is 1. The van der Waals surface area contributed by atoms with Gasteiger partial charge in [-0.15, -0.1) is 0 Å². The molecule has 0 radical (unpaired) electrons. The molecule has 8 heteroatoms. The molecule has 150 valence electrons. The van der Waals surface area contributed by atoms with Crippen molar-refractivity contribution in [2.45, 2.75) is 0 Å². The van der Waals surface area contributed by atoms with Crippen LogP contribution < -0.4 is 10.2 Å². The summed E-state index contributed by atoms with van der Waals surface area (Å²) < 4.78 is 13.0. The summed E-state index contributed by atoms with van der Waals surface area (Å²) >= 11 is 0.828. The third kappa shape index (κ3) is 5.03. The molecular weight excluding hydrogens is 393 g/mol. The molecule has 0 aliphatic carbocycles. The quantitative estimate of drug-likeness (QED) is 0.736. The first-order valence-corrected chi connectivity index (χ1v) is 9.73. The van der Waals surface area contributed by atoms with E-state index in [9.17, 15) is 18.8 Å². The van der Waals surface area contributed by atoms with Crippen molar-refractivity contribution < 1.29 is 18.8 Å². The Labute approximate surface area is 172 Å². The first kappa shape index (κ1) is 20.6. The van der Waals surface area contributed by atoms with Gasteiger partial charge >= 0.3 is 0 Å². The van der Waals surface area contributed by atoms with Crippen molar-refractivity contribution in [3.63, 3.8) is 0 Å². The molecule has 1 aliphatic heterocycles. The van der Waals surface area contributed by atoms with Gasteiger partial charge in [0.05, 0.1) is 4.91 Å². The van der Waals surface area contributed by atoms with E-state index in [1.54, 1.807) is 24.3 Å². The fourth-order valence-electron chi connectivity index (χ4n) is 2.71. The molecule has 29 heavy (non-hydrogen) atoms. The maximum atomic E-state index is 13.0. The summed E-state index contributed by atoms with van der Waals surface area (Å²) in [6, 6.07) is 12.8. The van der Waals surface area contributed by atoms with Crippen molar-refractivity contribution in [2.75, 3.05) is 32.1 Å². The zero-order chi connectivity index (χ0) is 21.0. The normalized spacial score (nSPS) is 15.1. The summed E-state index contributed by atoms with van der Waals surface area (Å²) in [6.07, 6.45) is 1.55. The third-order valence-corrected chi connectivity index (χ3v) is 5.19. The third-order valence-electron chi connectivity index (χ3n) is 4.29. The van der Waals surface area contributed by atoms with Gasteiger partial charge in [0.2, 0.25) is 0 Å². The van der Waals surface area contributed by atoms with Crippen LogP contribution in [0.4, 0.5) is 14.9 Å². The summed E-state index contributed by atoms with van der Waals surface area (Å²) in [7, 11) is 3.77. The second-order valence-corrected chi connectivity index (χ2v) is 7.58. The molecule has 2 aromatic carbocycles. The lowest BCUT2D eigenvalue weighted by molar-refractivity contribution is -0.122. The van der Waals surface area contributed by atoms with E-state index in [4.69, 9.17) is 0 Å². The Kier molecular flexibility index (Phi) is 6.33. The summed E-state index contributed by atoms with van der Waals surface area (Å²) in [5, 5.41) is 2.33. The van der Waals surface area contributed by atoms with Crippen LogP contribution in [0.5, 0.6) is 0 Å². The molecule has 1 fully saturated rings. The minimum Gasteiger partial charge on any atom is -0.378 e. The average molecular weight is 413 g/mol. The van der Waals surface area contributed by atoms with Crippen LogP contribution in [-0.2, 0) is 4.79 Å². The highest BCUT2D eigenvalue weighted by molar-refractivity contribution is 8.18. The molecule has 0 atom stereocenters. The van der Waals surface area contributed by atoms with E-state index in [-0.39, 0.29) is 29.7 Å². The molecule has 6 nitrogen and oxygen atoms in total. The lowest BCUT2D eigenvalue weighted by Gasteiger charge is -2.15. The zero-order valence-corrected chi connectivity index (χ0v) is 16.8. The summed E-state index contributed by atoms with van der Waals surface area (Å²) in [4.78, 5) is 40.2. The number of hydrogen-bond donors (Lipinski definition) is 1. The number of rotatable bonds is 6. The molecule has 3 amide bonds. The highest BCUT2D eigenvalue weighted by Crippen LogP contribution is 2.31. The van der Waals surface area contributed by atoms with Gasteiger partial charge in [-0.2, -0.15) is 0 Å². The largest absolute Gasteiger partial charge is 0.378 e.